The lowest BCUT2D eigenvalue weighted by Crippen LogP contribution is -2.48. The van der Waals surface area contributed by atoms with Gasteiger partial charge in [-0.3, -0.25) is 4.99 Å². The summed E-state index contributed by atoms with van der Waals surface area (Å²) in [5.74, 6) is 3.07. The number of guanidine groups is 1. The summed E-state index contributed by atoms with van der Waals surface area (Å²) in [4.78, 5) is 8.73. The molecule has 3 atom stereocenters. The fourth-order valence-corrected chi connectivity index (χ4v) is 3.42. The van der Waals surface area contributed by atoms with Gasteiger partial charge in [-0.2, -0.15) is 5.10 Å². The maximum Gasteiger partial charge on any atom is 0.191 e. The van der Waals surface area contributed by atoms with Crippen LogP contribution < -0.4 is 10.6 Å². The van der Waals surface area contributed by atoms with Crippen LogP contribution in [0, 0.1) is 12.8 Å². The number of nitrogens with one attached hydrogen (secondary N) is 2. The molecule has 122 valence electrons. The molecule has 0 amide bonds. The second-order valence-electron chi connectivity index (χ2n) is 6.35. The van der Waals surface area contributed by atoms with Crippen LogP contribution in [0.2, 0.25) is 0 Å². The third kappa shape index (κ3) is 3.40. The standard InChI is InChI=1S/C15H26N6O/c1-10-18-14-7-6-12(9-21(14)20-10)19-15(16-2)17-8-11-4-3-5-13(11)22/h11-13,22H,3-9H2,1-2H3,(H2,16,17,19). The van der Waals surface area contributed by atoms with Gasteiger partial charge in [-0.1, -0.05) is 6.42 Å². The minimum Gasteiger partial charge on any atom is -0.393 e. The van der Waals surface area contributed by atoms with Crippen LogP contribution in [0.3, 0.4) is 0 Å². The van der Waals surface area contributed by atoms with E-state index in [1.54, 1.807) is 7.05 Å². The van der Waals surface area contributed by atoms with Crippen LogP contribution in [-0.4, -0.2) is 51.6 Å². The van der Waals surface area contributed by atoms with Gasteiger partial charge in [-0.15, -0.1) is 0 Å². The Labute approximate surface area is 131 Å². The zero-order valence-electron chi connectivity index (χ0n) is 13.4. The Bertz CT molecular complexity index is 540. The Morgan fingerprint density at radius 1 is 1.41 bits per heavy atom. The molecule has 1 saturated carbocycles. The van der Waals surface area contributed by atoms with Crippen LogP contribution in [0.15, 0.2) is 4.99 Å². The van der Waals surface area contributed by atoms with Crippen molar-refractivity contribution in [2.24, 2.45) is 10.9 Å². The van der Waals surface area contributed by atoms with Crippen LogP contribution in [0.1, 0.15) is 37.3 Å². The Hall–Kier alpha value is -1.63. The molecule has 3 rings (SSSR count). The lowest BCUT2D eigenvalue weighted by Gasteiger charge is -2.26. The summed E-state index contributed by atoms with van der Waals surface area (Å²) in [5, 5.41) is 21.1. The van der Waals surface area contributed by atoms with Crippen molar-refractivity contribution in [1.82, 2.24) is 25.4 Å². The minimum absolute atomic E-state index is 0.166. The van der Waals surface area contributed by atoms with E-state index in [9.17, 15) is 5.11 Å². The molecule has 0 saturated heterocycles. The predicted octanol–water partition coefficient (Wildman–Crippen LogP) is 0.227. The van der Waals surface area contributed by atoms with Gasteiger partial charge in [0, 0.05) is 32.0 Å². The van der Waals surface area contributed by atoms with Crippen molar-refractivity contribution in [3.63, 3.8) is 0 Å². The molecule has 7 heteroatoms. The number of rotatable bonds is 3. The SMILES string of the molecule is CN=C(NCC1CCCC1O)NC1CCc2nc(C)nn2C1. The Morgan fingerprint density at radius 3 is 3.00 bits per heavy atom. The van der Waals surface area contributed by atoms with Gasteiger partial charge in [-0.05, 0) is 26.2 Å². The fourth-order valence-electron chi connectivity index (χ4n) is 3.42. The van der Waals surface area contributed by atoms with Gasteiger partial charge in [0.15, 0.2) is 5.96 Å². The van der Waals surface area contributed by atoms with Crippen LogP contribution >= 0.6 is 0 Å². The van der Waals surface area contributed by atoms with Gasteiger partial charge in [0.05, 0.1) is 12.6 Å². The highest BCUT2D eigenvalue weighted by Gasteiger charge is 2.26. The molecule has 1 aliphatic carbocycles. The van der Waals surface area contributed by atoms with E-state index in [4.69, 9.17) is 0 Å². The van der Waals surface area contributed by atoms with Crippen molar-refractivity contribution in [1.29, 1.82) is 0 Å². The van der Waals surface area contributed by atoms with Crippen molar-refractivity contribution < 1.29 is 5.11 Å². The van der Waals surface area contributed by atoms with Crippen LogP contribution in [0.5, 0.6) is 0 Å². The van der Waals surface area contributed by atoms with E-state index >= 15 is 0 Å². The summed E-state index contributed by atoms with van der Waals surface area (Å²) in [6, 6.07) is 0.313. The summed E-state index contributed by atoms with van der Waals surface area (Å²) in [7, 11) is 1.79. The Balaban J connectivity index is 1.51. The smallest absolute Gasteiger partial charge is 0.191 e. The molecule has 1 aliphatic heterocycles. The molecule has 1 fully saturated rings. The Morgan fingerprint density at radius 2 is 2.27 bits per heavy atom. The topological polar surface area (TPSA) is 87.4 Å². The largest absolute Gasteiger partial charge is 0.393 e. The van der Waals surface area contributed by atoms with Gasteiger partial charge in [-0.25, -0.2) is 9.67 Å². The molecule has 3 unspecified atom stereocenters. The maximum atomic E-state index is 9.89. The molecule has 0 spiro atoms. The number of aliphatic imine (C=N–C) groups is 1. The number of hydrogen-bond donors (Lipinski definition) is 3. The predicted molar refractivity (Wildman–Crippen MR) is 84.7 cm³/mol. The van der Waals surface area contributed by atoms with E-state index in [-0.39, 0.29) is 6.10 Å². The maximum absolute atomic E-state index is 9.89. The van der Waals surface area contributed by atoms with E-state index < -0.39 is 0 Å². The highest BCUT2D eigenvalue weighted by molar-refractivity contribution is 5.79. The zero-order valence-corrected chi connectivity index (χ0v) is 13.4. The molecular weight excluding hydrogens is 280 g/mol. The monoisotopic (exact) mass is 306 g/mol. The minimum atomic E-state index is -0.166. The van der Waals surface area contributed by atoms with Crippen molar-refractivity contribution >= 4 is 5.96 Å². The molecule has 7 nitrogen and oxygen atoms in total. The van der Waals surface area contributed by atoms with E-state index in [2.05, 4.69) is 25.7 Å². The number of aliphatic hydroxyl groups is 1. The van der Waals surface area contributed by atoms with Gasteiger partial charge >= 0.3 is 0 Å². The van der Waals surface area contributed by atoms with Gasteiger partial charge in [0.1, 0.15) is 11.6 Å². The van der Waals surface area contributed by atoms with Crippen molar-refractivity contribution in [3.8, 4) is 0 Å². The first kappa shape index (κ1) is 15.3. The van der Waals surface area contributed by atoms with Crippen molar-refractivity contribution in [2.45, 2.75) is 57.7 Å². The first-order valence-electron chi connectivity index (χ1n) is 8.21. The average molecular weight is 306 g/mol. The highest BCUT2D eigenvalue weighted by atomic mass is 16.3. The summed E-state index contributed by atoms with van der Waals surface area (Å²) >= 11 is 0. The molecule has 0 radical (unpaired) electrons. The van der Waals surface area contributed by atoms with Crippen molar-refractivity contribution in [3.05, 3.63) is 11.6 Å². The Kier molecular flexibility index (Phi) is 4.61. The second kappa shape index (κ2) is 6.64. The van der Waals surface area contributed by atoms with Gasteiger partial charge < -0.3 is 15.7 Å². The molecule has 1 aromatic heterocycles. The quantitative estimate of drug-likeness (QED) is 0.549. The molecule has 3 N–H and O–H groups in total. The summed E-state index contributed by atoms with van der Waals surface area (Å²) in [6.07, 6.45) is 4.95. The van der Waals surface area contributed by atoms with E-state index in [0.29, 0.717) is 12.0 Å². The summed E-state index contributed by atoms with van der Waals surface area (Å²) in [5.41, 5.74) is 0. The van der Waals surface area contributed by atoms with E-state index in [1.165, 1.54) is 0 Å². The van der Waals surface area contributed by atoms with Gasteiger partial charge in [0.25, 0.3) is 0 Å². The first-order chi connectivity index (χ1) is 10.7. The summed E-state index contributed by atoms with van der Waals surface area (Å²) in [6.45, 7) is 3.53. The molecule has 2 aliphatic rings. The van der Waals surface area contributed by atoms with Crippen molar-refractivity contribution in [2.75, 3.05) is 13.6 Å². The number of aromatic nitrogens is 3. The lowest BCUT2D eigenvalue weighted by atomic mass is 10.1. The molecule has 0 bridgehead atoms. The van der Waals surface area contributed by atoms with E-state index in [0.717, 1.165) is 62.8 Å². The third-order valence-corrected chi connectivity index (χ3v) is 4.68. The molecule has 0 aromatic carbocycles. The van der Waals surface area contributed by atoms with Gasteiger partial charge in [0.2, 0.25) is 0 Å². The normalized spacial score (nSPS) is 28.5. The number of hydrogen-bond acceptors (Lipinski definition) is 4. The van der Waals surface area contributed by atoms with Crippen LogP contribution in [0.25, 0.3) is 0 Å². The molecular formula is C15H26N6O. The first-order valence-corrected chi connectivity index (χ1v) is 8.21. The summed E-state index contributed by atoms with van der Waals surface area (Å²) < 4.78 is 1.99. The average Bonchev–Trinajstić information content (AvgIpc) is 3.07. The number of aliphatic hydroxyl groups excluding tert-OH is 1. The zero-order chi connectivity index (χ0) is 15.5. The molecule has 22 heavy (non-hydrogen) atoms. The molecule has 1 aromatic rings. The van der Waals surface area contributed by atoms with Crippen LogP contribution in [0.4, 0.5) is 0 Å². The number of fused-ring (bicyclic) bond motifs is 1. The second-order valence-corrected chi connectivity index (χ2v) is 6.35. The third-order valence-electron chi connectivity index (χ3n) is 4.68. The highest BCUT2D eigenvalue weighted by Crippen LogP contribution is 2.24. The number of aryl methyl sites for hydroxylation is 2. The lowest BCUT2D eigenvalue weighted by molar-refractivity contribution is 0.134. The van der Waals surface area contributed by atoms with Crippen LogP contribution in [-0.2, 0) is 13.0 Å². The number of nitrogens with zero attached hydrogens (tertiary/aromatic N) is 4. The molecule has 2 heterocycles. The fraction of sp³-hybridized carbons (Fsp3) is 0.800. The van der Waals surface area contributed by atoms with E-state index in [1.807, 2.05) is 11.6 Å².